The molecule has 2 saturated carbocycles. The van der Waals surface area contributed by atoms with Crippen LogP contribution < -0.4 is 14.9 Å². The first-order valence-corrected chi connectivity index (χ1v) is 21.6. The highest BCUT2D eigenvalue weighted by molar-refractivity contribution is 9.10. The average Bonchev–Trinajstić information content (AvgIpc) is 4.20. The molecule has 0 aliphatic heterocycles. The highest BCUT2D eigenvalue weighted by Gasteiger charge is 2.24. The van der Waals surface area contributed by atoms with Gasteiger partial charge in [-0.25, -0.2) is 9.97 Å². The zero-order chi connectivity index (χ0) is 41.8. The summed E-state index contributed by atoms with van der Waals surface area (Å²) in [5.74, 6) is 3.31. The number of aromatic nitrogens is 4. The SMILES string of the molecule is C.CC(C)Oc1ccc(-c2ccc3ncc(-c4ccc(C5CC5)cc4)n3c2)cc1.CC(C)Oc1ccc(-c2ccc3ncc(Br)n3c2)cc1.OB(O)c1ccc(C2CC2)cc1. The fourth-order valence-corrected chi connectivity index (χ4v) is 7.57. The second-order valence-corrected chi connectivity index (χ2v) is 16.9. The molecule has 0 radical (unpaired) electrons. The Labute approximate surface area is 368 Å². The third-order valence-corrected chi connectivity index (χ3v) is 11.2. The monoisotopic (exact) mass is 876 g/mol. The summed E-state index contributed by atoms with van der Waals surface area (Å²) >= 11 is 3.49. The highest BCUT2D eigenvalue weighted by atomic mass is 79.9. The first-order chi connectivity index (χ1) is 29.1. The van der Waals surface area contributed by atoms with E-state index in [-0.39, 0.29) is 19.6 Å². The Balaban J connectivity index is 0.000000148. The van der Waals surface area contributed by atoms with Crippen molar-refractivity contribution in [1.82, 2.24) is 18.8 Å². The van der Waals surface area contributed by atoms with Crippen molar-refractivity contribution in [2.24, 2.45) is 0 Å². The number of ether oxygens (including phenoxy) is 2. The van der Waals surface area contributed by atoms with Gasteiger partial charge >= 0.3 is 7.12 Å². The lowest BCUT2D eigenvalue weighted by Gasteiger charge is -2.11. The number of pyridine rings is 2. The van der Waals surface area contributed by atoms with Crippen LogP contribution in [0.4, 0.5) is 0 Å². The van der Waals surface area contributed by atoms with E-state index in [1.807, 2.05) is 80.8 Å². The van der Waals surface area contributed by atoms with Crippen LogP contribution in [0.2, 0.25) is 0 Å². The largest absolute Gasteiger partial charge is 0.491 e. The number of imidazole rings is 2. The molecule has 2 N–H and O–H groups in total. The molecule has 4 heterocycles. The summed E-state index contributed by atoms with van der Waals surface area (Å²) in [5.41, 5.74) is 12.2. The lowest BCUT2D eigenvalue weighted by Crippen LogP contribution is -2.29. The second-order valence-electron chi connectivity index (χ2n) is 16.1. The molecule has 2 aliphatic rings. The van der Waals surface area contributed by atoms with Crippen LogP contribution in [0.25, 0.3) is 44.8 Å². The Morgan fingerprint density at radius 1 is 0.541 bits per heavy atom. The Bertz CT molecular complexity index is 2630. The van der Waals surface area contributed by atoms with E-state index in [2.05, 4.69) is 109 Å². The maximum Gasteiger partial charge on any atom is 0.488 e. The van der Waals surface area contributed by atoms with Crippen molar-refractivity contribution >= 4 is 39.8 Å². The predicted octanol–water partition coefficient (Wildman–Crippen LogP) is 11.8. The van der Waals surface area contributed by atoms with Crippen molar-refractivity contribution in [3.8, 4) is 45.0 Å². The number of hydrogen-bond donors (Lipinski definition) is 2. The molecule has 8 nitrogen and oxygen atoms in total. The lowest BCUT2D eigenvalue weighted by atomic mass is 9.80. The normalized spacial score (nSPS) is 13.3. The van der Waals surface area contributed by atoms with Gasteiger partial charge in [0.25, 0.3) is 0 Å². The molecule has 4 aromatic heterocycles. The van der Waals surface area contributed by atoms with Crippen molar-refractivity contribution in [2.75, 3.05) is 0 Å². The molecule has 0 amide bonds. The highest BCUT2D eigenvalue weighted by Crippen LogP contribution is 2.41. The maximum absolute atomic E-state index is 8.82. The fourth-order valence-electron chi connectivity index (χ4n) is 7.18. The molecule has 0 atom stereocenters. The molecule has 0 bridgehead atoms. The quantitative estimate of drug-likeness (QED) is 0.133. The summed E-state index contributed by atoms with van der Waals surface area (Å²) in [4.78, 5) is 8.89. The molecule has 61 heavy (non-hydrogen) atoms. The lowest BCUT2D eigenvalue weighted by molar-refractivity contribution is 0.242. The topological polar surface area (TPSA) is 93.5 Å². The van der Waals surface area contributed by atoms with Crippen LogP contribution in [0.3, 0.4) is 0 Å². The van der Waals surface area contributed by atoms with Crippen LogP contribution in [0.15, 0.2) is 151 Å². The Morgan fingerprint density at radius 2 is 0.951 bits per heavy atom. The minimum atomic E-state index is -1.33. The zero-order valence-corrected chi connectivity index (χ0v) is 36.0. The molecular weight excluding hydrogens is 823 g/mol. The Morgan fingerprint density at radius 3 is 1.41 bits per heavy atom. The van der Waals surface area contributed by atoms with Crippen molar-refractivity contribution in [2.45, 2.75) is 84.8 Å². The number of fused-ring (bicyclic) bond motifs is 2. The first kappa shape index (κ1) is 43.4. The predicted molar refractivity (Wildman–Crippen MR) is 253 cm³/mol. The molecule has 0 spiro atoms. The van der Waals surface area contributed by atoms with Crippen LogP contribution in [0, 0.1) is 0 Å². The van der Waals surface area contributed by atoms with Gasteiger partial charge in [0, 0.05) is 18.0 Å². The number of nitrogens with zero attached hydrogens (tertiary/aromatic N) is 4. The minimum absolute atomic E-state index is 0. The van der Waals surface area contributed by atoms with Gasteiger partial charge in [0.15, 0.2) is 0 Å². The maximum atomic E-state index is 8.82. The number of rotatable bonds is 10. The van der Waals surface area contributed by atoms with Crippen LogP contribution in [-0.4, -0.2) is 48.1 Å². The van der Waals surface area contributed by atoms with Crippen molar-refractivity contribution in [3.05, 3.63) is 162 Å². The van der Waals surface area contributed by atoms with Crippen LogP contribution >= 0.6 is 15.9 Å². The number of benzene rings is 4. The van der Waals surface area contributed by atoms with E-state index >= 15 is 0 Å². The van der Waals surface area contributed by atoms with Gasteiger partial charge in [-0.05, 0) is 169 Å². The molecule has 312 valence electrons. The zero-order valence-electron chi connectivity index (χ0n) is 34.4. The summed E-state index contributed by atoms with van der Waals surface area (Å²) in [7, 11) is -1.33. The van der Waals surface area contributed by atoms with E-state index < -0.39 is 7.12 Å². The van der Waals surface area contributed by atoms with Gasteiger partial charge in [-0.15, -0.1) is 0 Å². The Hall–Kier alpha value is -5.68. The summed E-state index contributed by atoms with van der Waals surface area (Å²) in [5, 5.41) is 17.6. The third-order valence-electron chi connectivity index (χ3n) is 10.6. The summed E-state index contributed by atoms with van der Waals surface area (Å²) in [6.07, 6.45) is 13.6. The van der Waals surface area contributed by atoms with Gasteiger partial charge in [0.1, 0.15) is 27.4 Å². The van der Waals surface area contributed by atoms with Gasteiger partial charge < -0.3 is 19.5 Å². The number of halogens is 1. The molecule has 4 aromatic carbocycles. The standard InChI is InChI=1S/C25H24N2O.C16H15BrN2O.C9H11BO2.CH4/c1-17(2)28-23-12-9-20(10-13-23)22-11-14-25-26-15-24(27(25)16-22)21-7-5-19(6-8-21)18-3-4-18;1-11(2)20-14-6-3-12(4-7-14)13-5-8-16-18-9-15(17)19(16)10-13;11-10(12)9-5-3-8(4-6-9)7-1-2-7;/h5-18H,3-4H2,1-2H3;3-11H,1-2H3;3-7,11-12H,1-2H2;1H4. The molecule has 2 fully saturated rings. The molecule has 10 heteroatoms. The van der Waals surface area contributed by atoms with Crippen LogP contribution in [-0.2, 0) is 0 Å². The fraction of sp³-hybridized carbons (Fsp3) is 0.255. The van der Waals surface area contributed by atoms with Gasteiger partial charge in [0.2, 0.25) is 0 Å². The van der Waals surface area contributed by atoms with E-state index in [0.717, 1.165) is 61.6 Å². The third kappa shape index (κ3) is 11.0. The van der Waals surface area contributed by atoms with E-state index in [0.29, 0.717) is 5.46 Å². The van der Waals surface area contributed by atoms with Crippen molar-refractivity contribution in [1.29, 1.82) is 0 Å². The molecular formula is C51H54BBrN4O4. The van der Waals surface area contributed by atoms with Gasteiger partial charge in [-0.3, -0.25) is 8.80 Å². The molecule has 8 aromatic rings. The first-order valence-electron chi connectivity index (χ1n) is 20.8. The van der Waals surface area contributed by atoms with E-state index in [4.69, 9.17) is 19.5 Å². The second kappa shape index (κ2) is 19.4. The minimum Gasteiger partial charge on any atom is -0.491 e. The van der Waals surface area contributed by atoms with E-state index in [9.17, 15) is 0 Å². The smallest absolute Gasteiger partial charge is 0.488 e. The average molecular weight is 878 g/mol. The van der Waals surface area contributed by atoms with Gasteiger partial charge in [-0.2, -0.15) is 0 Å². The Kier molecular flexibility index (Phi) is 13.8. The van der Waals surface area contributed by atoms with Crippen LogP contribution in [0.5, 0.6) is 11.5 Å². The summed E-state index contributed by atoms with van der Waals surface area (Å²) in [6.45, 7) is 8.13. The van der Waals surface area contributed by atoms with Gasteiger partial charge in [-0.1, -0.05) is 80.2 Å². The summed E-state index contributed by atoms with van der Waals surface area (Å²) in [6, 6.07) is 41.2. The molecule has 0 unspecified atom stereocenters. The molecule has 10 rings (SSSR count). The summed E-state index contributed by atoms with van der Waals surface area (Å²) < 4.78 is 16.6. The van der Waals surface area contributed by atoms with E-state index in [1.165, 1.54) is 47.9 Å². The van der Waals surface area contributed by atoms with Crippen molar-refractivity contribution < 1.29 is 19.5 Å². The van der Waals surface area contributed by atoms with Gasteiger partial charge in [0.05, 0.1) is 30.3 Å². The molecule has 0 saturated heterocycles. The van der Waals surface area contributed by atoms with Crippen molar-refractivity contribution in [3.63, 3.8) is 0 Å². The van der Waals surface area contributed by atoms with E-state index in [1.54, 1.807) is 18.3 Å². The van der Waals surface area contributed by atoms with Crippen LogP contribution in [0.1, 0.15) is 83.8 Å². The number of hydrogen-bond acceptors (Lipinski definition) is 6. The molecule has 2 aliphatic carbocycles.